The molecular formula is C27H30. The highest BCUT2D eigenvalue weighted by atomic mass is 14.0. The first-order valence-electron chi connectivity index (χ1n) is 9.90. The van der Waals surface area contributed by atoms with Crippen LogP contribution in [0.2, 0.25) is 0 Å². The van der Waals surface area contributed by atoms with Gasteiger partial charge in [0, 0.05) is 0 Å². The molecular weight excluding hydrogens is 324 g/mol. The van der Waals surface area contributed by atoms with E-state index in [9.17, 15) is 0 Å². The van der Waals surface area contributed by atoms with Crippen molar-refractivity contribution in [1.82, 2.24) is 0 Å². The van der Waals surface area contributed by atoms with E-state index in [1.54, 1.807) is 0 Å². The van der Waals surface area contributed by atoms with Gasteiger partial charge in [0.2, 0.25) is 0 Å². The van der Waals surface area contributed by atoms with Gasteiger partial charge in [-0.1, -0.05) is 82.8 Å². The lowest BCUT2D eigenvalue weighted by Gasteiger charge is -2.04. The third kappa shape index (κ3) is 4.65. The molecule has 4 aromatic carbocycles. The maximum absolute atomic E-state index is 4.25. The molecule has 0 heterocycles. The normalized spacial score (nSPS) is 10.8. The van der Waals surface area contributed by atoms with E-state index in [1.807, 2.05) is 27.7 Å². The van der Waals surface area contributed by atoms with Gasteiger partial charge in [0.05, 0.1) is 0 Å². The molecule has 4 aromatic rings. The summed E-state index contributed by atoms with van der Waals surface area (Å²) in [7, 11) is 0. The molecule has 27 heavy (non-hydrogen) atoms. The maximum Gasteiger partial charge on any atom is -0.0171 e. The summed E-state index contributed by atoms with van der Waals surface area (Å²) in [5.74, 6) is 0. The summed E-state index contributed by atoms with van der Waals surface area (Å²) in [6.45, 7) is 14.4. The first kappa shape index (κ1) is 20.5. The molecule has 0 aromatic heterocycles. The second-order valence-corrected chi connectivity index (χ2v) is 6.10. The lowest BCUT2D eigenvalue weighted by molar-refractivity contribution is 1.43. The minimum Gasteiger partial charge on any atom is -0.0911 e. The summed E-state index contributed by atoms with van der Waals surface area (Å²) in [6.07, 6.45) is 2.23. The van der Waals surface area contributed by atoms with Crippen molar-refractivity contribution in [3.63, 3.8) is 0 Å². The largest absolute Gasteiger partial charge is 0.0911 e. The Balaban J connectivity index is 0.000000614. The van der Waals surface area contributed by atoms with Crippen LogP contribution in [-0.4, -0.2) is 0 Å². The first-order chi connectivity index (χ1) is 13.2. The fraction of sp³-hybridized carbons (Fsp3) is 0.185. The van der Waals surface area contributed by atoms with Crippen LogP contribution in [0, 0.1) is 6.92 Å². The third-order valence-corrected chi connectivity index (χ3v) is 4.46. The summed E-state index contributed by atoms with van der Waals surface area (Å²) in [5.41, 5.74) is 2.53. The van der Waals surface area contributed by atoms with E-state index < -0.39 is 0 Å². The van der Waals surface area contributed by atoms with Crippen molar-refractivity contribution in [1.29, 1.82) is 0 Å². The average molecular weight is 355 g/mol. The SMILES string of the molecule is C=c1cc2cc3ccccc3cc2c/c1=C/c1ccccc1C.CC.CC. The Kier molecular flexibility index (Phi) is 7.37. The molecule has 138 valence electrons. The van der Waals surface area contributed by atoms with Crippen LogP contribution in [0.5, 0.6) is 0 Å². The smallest absolute Gasteiger partial charge is 0.0171 e. The van der Waals surface area contributed by atoms with Crippen molar-refractivity contribution >= 4 is 34.2 Å². The van der Waals surface area contributed by atoms with Crippen LogP contribution in [0.1, 0.15) is 38.8 Å². The standard InChI is InChI=1S/C23H18.2C2H6/c1-16-7-3-4-8-18(16)12-21-15-23-14-20-10-6-5-9-19(20)13-22(23)11-17(21)2;2*1-2/h3-15H,2H2,1H3;2*1-2H3/b21-12-;;. The van der Waals surface area contributed by atoms with E-state index in [1.165, 1.54) is 37.9 Å². The molecule has 0 amide bonds. The molecule has 0 N–H and O–H groups in total. The maximum atomic E-state index is 4.25. The van der Waals surface area contributed by atoms with Crippen LogP contribution >= 0.6 is 0 Å². The van der Waals surface area contributed by atoms with Crippen molar-refractivity contribution in [2.24, 2.45) is 0 Å². The molecule has 0 saturated carbocycles. The molecule has 0 aliphatic carbocycles. The highest BCUT2D eigenvalue weighted by Gasteiger charge is 1.99. The Hall–Kier alpha value is -2.86. The highest BCUT2D eigenvalue weighted by Crippen LogP contribution is 2.20. The van der Waals surface area contributed by atoms with Gasteiger partial charge in [-0.2, -0.15) is 0 Å². The van der Waals surface area contributed by atoms with Crippen LogP contribution in [0.15, 0.2) is 72.8 Å². The molecule has 0 atom stereocenters. The van der Waals surface area contributed by atoms with E-state index in [-0.39, 0.29) is 0 Å². The quantitative estimate of drug-likeness (QED) is 0.338. The minimum atomic E-state index is 1.07. The van der Waals surface area contributed by atoms with Crippen LogP contribution < -0.4 is 10.4 Å². The Morgan fingerprint density at radius 1 is 0.630 bits per heavy atom. The molecule has 0 unspecified atom stereocenters. The van der Waals surface area contributed by atoms with Gasteiger partial charge in [-0.05, 0) is 80.4 Å². The Labute approximate surface area is 163 Å². The van der Waals surface area contributed by atoms with Crippen LogP contribution in [-0.2, 0) is 0 Å². The predicted molar refractivity (Wildman–Crippen MR) is 124 cm³/mol. The zero-order valence-electron chi connectivity index (χ0n) is 17.2. The predicted octanol–water partition coefficient (Wildman–Crippen LogP) is 6.59. The molecule has 0 bridgehead atoms. The van der Waals surface area contributed by atoms with E-state index in [4.69, 9.17) is 0 Å². The molecule has 0 saturated heterocycles. The number of benzene rings is 4. The van der Waals surface area contributed by atoms with E-state index >= 15 is 0 Å². The number of fused-ring (bicyclic) bond motifs is 2. The lowest BCUT2D eigenvalue weighted by atomic mass is 10.0. The lowest BCUT2D eigenvalue weighted by Crippen LogP contribution is -2.22. The first-order valence-corrected chi connectivity index (χ1v) is 9.90. The van der Waals surface area contributed by atoms with Crippen molar-refractivity contribution in [3.8, 4) is 0 Å². The second kappa shape index (κ2) is 9.73. The van der Waals surface area contributed by atoms with Crippen molar-refractivity contribution in [3.05, 3.63) is 94.4 Å². The highest BCUT2D eigenvalue weighted by molar-refractivity contribution is 5.98. The zero-order chi connectivity index (χ0) is 19.8. The number of aryl methyl sites for hydroxylation is 1. The molecule has 0 spiro atoms. The summed E-state index contributed by atoms with van der Waals surface area (Å²) < 4.78 is 0. The fourth-order valence-electron chi connectivity index (χ4n) is 3.11. The zero-order valence-corrected chi connectivity index (χ0v) is 17.2. The Morgan fingerprint density at radius 3 is 1.74 bits per heavy atom. The monoisotopic (exact) mass is 354 g/mol. The minimum absolute atomic E-state index is 1.07. The van der Waals surface area contributed by atoms with Gasteiger partial charge in [-0.25, -0.2) is 0 Å². The van der Waals surface area contributed by atoms with Gasteiger partial charge in [-0.3, -0.25) is 0 Å². The van der Waals surface area contributed by atoms with Gasteiger partial charge < -0.3 is 0 Å². The van der Waals surface area contributed by atoms with Crippen molar-refractivity contribution in [2.45, 2.75) is 34.6 Å². The van der Waals surface area contributed by atoms with Gasteiger partial charge in [-0.15, -0.1) is 0 Å². The number of hydrogen-bond donors (Lipinski definition) is 0. The molecule has 0 heteroatoms. The molecule has 0 radical (unpaired) electrons. The van der Waals surface area contributed by atoms with Crippen molar-refractivity contribution < 1.29 is 0 Å². The third-order valence-electron chi connectivity index (χ3n) is 4.46. The topological polar surface area (TPSA) is 0 Å². The summed E-state index contributed by atoms with van der Waals surface area (Å²) in [4.78, 5) is 0. The van der Waals surface area contributed by atoms with Crippen molar-refractivity contribution in [2.75, 3.05) is 0 Å². The second-order valence-electron chi connectivity index (χ2n) is 6.10. The number of hydrogen-bond acceptors (Lipinski definition) is 0. The van der Waals surface area contributed by atoms with Gasteiger partial charge in [0.1, 0.15) is 0 Å². The molecule has 0 aliphatic rings. The fourth-order valence-corrected chi connectivity index (χ4v) is 3.11. The Morgan fingerprint density at radius 2 is 1.15 bits per heavy atom. The molecule has 0 aliphatic heterocycles. The molecule has 0 fully saturated rings. The van der Waals surface area contributed by atoms with Crippen LogP contribution in [0.3, 0.4) is 0 Å². The molecule has 4 rings (SSSR count). The van der Waals surface area contributed by atoms with Gasteiger partial charge in [0.25, 0.3) is 0 Å². The summed E-state index contributed by atoms with van der Waals surface area (Å²) >= 11 is 0. The van der Waals surface area contributed by atoms with Gasteiger partial charge in [0.15, 0.2) is 0 Å². The van der Waals surface area contributed by atoms with Crippen LogP contribution in [0.25, 0.3) is 34.2 Å². The van der Waals surface area contributed by atoms with Gasteiger partial charge >= 0.3 is 0 Å². The van der Waals surface area contributed by atoms with E-state index in [2.05, 4.69) is 92.4 Å². The summed E-state index contributed by atoms with van der Waals surface area (Å²) in [6, 6.07) is 25.9. The summed E-state index contributed by atoms with van der Waals surface area (Å²) in [5, 5.41) is 7.30. The molecule has 0 nitrogen and oxygen atoms in total. The van der Waals surface area contributed by atoms with E-state index in [0.29, 0.717) is 0 Å². The van der Waals surface area contributed by atoms with E-state index in [0.717, 1.165) is 5.22 Å². The Bertz CT molecular complexity index is 1130. The van der Waals surface area contributed by atoms with Crippen LogP contribution in [0.4, 0.5) is 0 Å². The average Bonchev–Trinajstić information content (AvgIpc) is 2.72. The number of rotatable bonds is 1.